The monoisotopic (exact) mass is 728 g/mol. The third-order valence-electron chi connectivity index (χ3n) is 8.50. The van der Waals surface area contributed by atoms with E-state index in [9.17, 15) is 22.6 Å². The van der Waals surface area contributed by atoms with Crippen molar-refractivity contribution in [3.05, 3.63) is 53.6 Å². The second kappa shape index (κ2) is 33.1. The summed E-state index contributed by atoms with van der Waals surface area (Å²) in [6.45, 7) is 4.81. The summed E-state index contributed by atoms with van der Waals surface area (Å²) in [5, 5.41) is 0. The summed E-state index contributed by atoms with van der Waals surface area (Å²) in [5.74, 6) is -1.56. The van der Waals surface area contributed by atoms with Crippen molar-refractivity contribution in [2.75, 3.05) is 13.2 Å². The molecule has 0 aliphatic carbocycles. The molecule has 49 heavy (non-hydrogen) atoms. The number of unbranched alkanes of at least 4 members (excludes halogenated alkanes) is 20. The van der Waals surface area contributed by atoms with Crippen molar-refractivity contribution < 1.29 is 83.4 Å². The van der Waals surface area contributed by atoms with Crippen molar-refractivity contribution >= 4 is 22.1 Å². The standard InChI is InChI=1S/C40H66O7S.K/c1-3-5-7-9-11-13-15-17-19-21-23-25-27-29-33-46-39(41)37-32-31-36(48(43,44)45)35-38(37)40(42)47-34-30-28-26-24-22-20-18-16-14-12-10-8-6-4-2;/h13-16,31-32,35H,3-12,17-30,33-34H2,1-2H3,(H,43,44,45);/q;+1/p-1/b15-13+,16-14+;. The topological polar surface area (TPSA) is 110 Å². The first kappa shape index (κ1) is 48.2. The molecule has 0 radical (unpaired) electrons. The number of esters is 2. The van der Waals surface area contributed by atoms with Crippen LogP contribution in [0.1, 0.15) is 189 Å². The van der Waals surface area contributed by atoms with Crippen LogP contribution in [0.25, 0.3) is 0 Å². The van der Waals surface area contributed by atoms with Gasteiger partial charge in [0.15, 0.2) is 0 Å². The van der Waals surface area contributed by atoms with Gasteiger partial charge in [-0.1, -0.05) is 128 Å². The molecule has 0 unspecified atom stereocenters. The van der Waals surface area contributed by atoms with E-state index in [0.29, 0.717) is 12.8 Å². The van der Waals surface area contributed by atoms with Gasteiger partial charge in [0.2, 0.25) is 0 Å². The summed E-state index contributed by atoms with van der Waals surface area (Å²) in [7, 11) is -4.81. The predicted molar refractivity (Wildman–Crippen MR) is 195 cm³/mol. The largest absolute Gasteiger partial charge is 1.00 e. The number of rotatable bonds is 31. The van der Waals surface area contributed by atoms with Gasteiger partial charge in [0, 0.05) is 0 Å². The van der Waals surface area contributed by atoms with Gasteiger partial charge in [-0.25, -0.2) is 18.0 Å². The van der Waals surface area contributed by atoms with Gasteiger partial charge in [0.25, 0.3) is 0 Å². The molecule has 0 aliphatic heterocycles. The molecule has 0 spiro atoms. The molecular weight excluding hydrogens is 664 g/mol. The Morgan fingerprint density at radius 2 is 0.898 bits per heavy atom. The molecular formula is C40H65KO7S. The van der Waals surface area contributed by atoms with E-state index in [-0.39, 0.29) is 75.7 Å². The normalized spacial score (nSPS) is 11.7. The smallest absolute Gasteiger partial charge is 0.744 e. The molecule has 1 rings (SSSR count). The fourth-order valence-electron chi connectivity index (χ4n) is 5.50. The summed E-state index contributed by atoms with van der Waals surface area (Å²) < 4.78 is 45.5. The van der Waals surface area contributed by atoms with Crippen LogP contribution in [0.15, 0.2) is 47.4 Å². The average molecular weight is 729 g/mol. The van der Waals surface area contributed by atoms with E-state index in [1.807, 2.05) is 0 Å². The molecule has 0 atom stereocenters. The van der Waals surface area contributed by atoms with Crippen LogP contribution < -0.4 is 51.4 Å². The van der Waals surface area contributed by atoms with Gasteiger partial charge in [-0.3, -0.25) is 0 Å². The minimum absolute atomic E-state index is 0. The number of carbonyl (C=O) groups is 2. The summed E-state index contributed by atoms with van der Waals surface area (Å²) >= 11 is 0. The molecule has 1 aromatic carbocycles. The summed E-state index contributed by atoms with van der Waals surface area (Å²) in [4.78, 5) is 25.1. The zero-order valence-corrected chi connectivity index (χ0v) is 35.1. The van der Waals surface area contributed by atoms with Crippen LogP contribution in [0.4, 0.5) is 0 Å². The van der Waals surface area contributed by atoms with Gasteiger partial charge in [0.05, 0.1) is 29.2 Å². The van der Waals surface area contributed by atoms with E-state index >= 15 is 0 Å². The Morgan fingerprint density at radius 3 is 1.29 bits per heavy atom. The summed E-state index contributed by atoms with van der Waals surface area (Å²) in [6.07, 6.45) is 36.4. The molecule has 0 saturated heterocycles. The van der Waals surface area contributed by atoms with Crippen molar-refractivity contribution in [2.45, 2.75) is 173 Å². The number of hydrogen-bond acceptors (Lipinski definition) is 7. The molecule has 7 nitrogen and oxygen atoms in total. The minimum atomic E-state index is -4.81. The molecule has 0 saturated carbocycles. The molecule has 0 amide bonds. The molecule has 0 bridgehead atoms. The SMILES string of the molecule is CCCCCC/C=C/CCCCCCCCOC(=O)c1ccc(S(=O)(=O)[O-])cc1C(=O)OCCCCCCCC/C=C/CCCCCC.[K+]. The Labute approximate surface area is 342 Å². The predicted octanol–water partition coefficient (Wildman–Crippen LogP) is 8.42. The Hall–Kier alpha value is -0.814. The first-order valence-corrected chi connectivity index (χ1v) is 20.5. The number of hydrogen-bond donors (Lipinski definition) is 0. The maximum atomic E-state index is 12.9. The Morgan fingerprint density at radius 1 is 0.551 bits per heavy atom. The van der Waals surface area contributed by atoms with Gasteiger partial charge in [-0.2, -0.15) is 0 Å². The maximum Gasteiger partial charge on any atom is 1.00 e. The fourth-order valence-corrected chi connectivity index (χ4v) is 6.00. The molecule has 274 valence electrons. The van der Waals surface area contributed by atoms with E-state index < -0.39 is 27.0 Å². The van der Waals surface area contributed by atoms with E-state index in [1.54, 1.807) is 0 Å². The van der Waals surface area contributed by atoms with Crippen LogP contribution in [0.3, 0.4) is 0 Å². The van der Waals surface area contributed by atoms with Crippen LogP contribution in [0.2, 0.25) is 0 Å². The first-order chi connectivity index (χ1) is 23.3. The molecule has 0 N–H and O–H groups in total. The van der Waals surface area contributed by atoms with E-state index in [1.165, 1.54) is 89.9 Å². The van der Waals surface area contributed by atoms with E-state index in [0.717, 1.165) is 69.6 Å². The summed E-state index contributed by atoms with van der Waals surface area (Å²) in [6, 6.07) is 3.11. The zero-order valence-electron chi connectivity index (χ0n) is 31.2. The van der Waals surface area contributed by atoms with E-state index in [2.05, 4.69) is 38.2 Å². The number of allylic oxidation sites excluding steroid dienone is 4. The van der Waals surface area contributed by atoms with Crippen LogP contribution in [0.5, 0.6) is 0 Å². The molecule has 9 heteroatoms. The van der Waals surface area contributed by atoms with Crippen molar-refractivity contribution in [1.29, 1.82) is 0 Å². The Balaban J connectivity index is 0.0000230. The molecule has 0 aromatic heterocycles. The van der Waals surface area contributed by atoms with Gasteiger partial charge < -0.3 is 14.0 Å². The zero-order chi connectivity index (χ0) is 35.1. The minimum Gasteiger partial charge on any atom is -0.744 e. The van der Waals surface area contributed by atoms with Gasteiger partial charge in [0.1, 0.15) is 10.1 Å². The fraction of sp³-hybridized carbons (Fsp3) is 0.700. The van der Waals surface area contributed by atoms with Gasteiger partial charge >= 0.3 is 63.3 Å². The first-order valence-electron chi connectivity index (χ1n) is 19.0. The molecule has 0 heterocycles. The number of carbonyl (C=O) groups excluding carboxylic acids is 2. The number of benzene rings is 1. The van der Waals surface area contributed by atoms with Crippen molar-refractivity contribution in [1.82, 2.24) is 0 Å². The van der Waals surface area contributed by atoms with Crippen LogP contribution in [-0.4, -0.2) is 38.1 Å². The average Bonchev–Trinajstić information content (AvgIpc) is 3.07. The second-order valence-corrected chi connectivity index (χ2v) is 14.3. The quantitative estimate of drug-likeness (QED) is 0.0248. The van der Waals surface area contributed by atoms with Crippen molar-refractivity contribution in [3.63, 3.8) is 0 Å². The van der Waals surface area contributed by atoms with Crippen molar-refractivity contribution in [2.24, 2.45) is 0 Å². The molecule has 0 fully saturated rings. The second-order valence-electron chi connectivity index (χ2n) is 12.9. The van der Waals surface area contributed by atoms with Crippen LogP contribution in [0, 0.1) is 0 Å². The van der Waals surface area contributed by atoms with Gasteiger partial charge in [-0.05, 0) is 82.4 Å². The van der Waals surface area contributed by atoms with Gasteiger partial charge in [-0.15, -0.1) is 0 Å². The molecule has 0 aliphatic rings. The third kappa shape index (κ3) is 26.6. The van der Waals surface area contributed by atoms with E-state index in [4.69, 9.17) is 9.47 Å². The van der Waals surface area contributed by atoms with Crippen LogP contribution in [-0.2, 0) is 19.6 Å². The Bertz CT molecular complexity index is 1150. The number of ether oxygens (including phenoxy) is 2. The summed E-state index contributed by atoms with van der Waals surface area (Å²) in [5.41, 5.74) is -0.355. The maximum absolute atomic E-state index is 12.9. The third-order valence-corrected chi connectivity index (χ3v) is 9.33. The Kier molecular flexibility index (Phi) is 32.5. The van der Waals surface area contributed by atoms with Crippen molar-refractivity contribution in [3.8, 4) is 0 Å². The van der Waals surface area contributed by atoms with Crippen LogP contribution >= 0.6 is 0 Å². The molecule has 1 aromatic rings.